The molecule has 1 unspecified atom stereocenters. The maximum absolute atomic E-state index is 12.8. The number of halogens is 1. The number of methoxy groups -OCH3 is 1. The average molecular weight is 489 g/mol. The van der Waals surface area contributed by atoms with E-state index in [1.165, 1.54) is 11.3 Å². The van der Waals surface area contributed by atoms with Gasteiger partial charge in [0, 0.05) is 15.6 Å². The number of aromatic nitrogens is 2. The van der Waals surface area contributed by atoms with Gasteiger partial charge in [-0.1, -0.05) is 47.2 Å². The van der Waals surface area contributed by atoms with E-state index in [9.17, 15) is 9.59 Å². The van der Waals surface area contributed by atoms with Gasteiger partial charge < -0.3 is 10.1 Å². The Kier molecular flexibility index (Phi) is 7.17. The smallest absolute Gasteiger partial charge is 0.251 e. The number of anilines is 1. The summed E-state index contributed by atoms with van der Waals surface area (Å²) in [6.07, 6.45) is 0. The van der Waals surface area contributed by atoms with E-state index in [1.807, 2.05) is 44.2 Å². The molecule has 9 heteroatoms. The van der Waals surface area contributed by atoms with Crippen molar-refractivity contribution in [2.45, 2.75) is 19.9 Å². The van der Waals surface area contributed by atoms with E-state index in [0.29, 0.717) is 15.7 Å². The molecule has 3 rings (SSSR count). The Morgan fingerprint density at radius 2 is 1.83 bits per heavy atom. The van der Waals surface area contributed by atoms with E-state index >= 15 is 0 Å². The molecule has 0 spiro atoms. The van der Waals surface area contributed by atoms with E-state index in [0.717, 1.165) is 15.8 Å². The van der Waals surface area contributed by atoms with Crippen LogP contribution in [-0.4, -0.2) is 35.2 Å². The molecule has 0 saturated carbocycles. The topological polar surface area (TPSA) is 93.2 Å². The lowest BCUT2D eigenvalue weighted by Crippen LogP contribution is -2.47. The Bertz CT molecular complexity index is 1040. The van der Waals surface area contributed by atoms with E-state index in [-0.39, 0.29) is 17.7 Å². The van der Waals surface area contributed by atoms with Crippen molar-refractivity contribution in [2.75, 3.05) is 12.4 Å². The van der Waals surface area contributed by atoms with Crippen LogP contribution in [0.2, 0.25) is 0 Å². The number of carbonyl (C=O) groups excluding carboxylic acids is 2. The zero-order valence-corrected chi connectivity index (χ0v) is 19.1. The normalized spacial score (nSPS) is 11.8. The van der Waals surface area contributed by atoms with Crippen molar-refractivity contribution in [2.24, 2.45) is 5.92 Å². The molecule has 2 aromatic carbocycles. The van der Waals surface area contributed by atoms with Gasteiger partial charge in [0.05, 0.1) is 7.11 Å². The van der Waals surface area contributed by atoms with Gasteiger partial charge in [-0.05, 0) is 48.4 Å². The molecule has 2 N–H and O–H groups in total. The van der Waals surface area contributed by atoms with Gasteiger partial charge in [0.15, 0.2) is 0 Å². The van der Waals surface area contributed by atoms with Gasteiger partial charge in [0.1, 0.15) is 16.8 Å². The van der Waals surface area contributed by atoms with Crippen molar-refractivity contribution in [3.05, 3.63) is 58.6 Å². The van der Waals surface area contributed by atoms with Gasteiger partial charge >= 0.3 is 0 Å². The van der Waals surface area contributed by atoms with Gasteiger partial charge in [-0.25, -0.2) is 0 Å². The highest BCUT2D eigenvalue weighted by Gasteiger charge is 2.26. The van der Waals surface area contributed by atoms with Crippen LogP contribution in [0.15, 0.2) is 53.0 Å². The molecule has 0 fully saturated rings. The molecule has 156 valence electrons. The second kappa shape index (κ2) is 9.82. The van der Waals surface area contributed by atoms with Crippen molar-refractivity contribution in [1.29, 1.82) is 0 Å². The minimum Gasteiger partial charge on any atom is -0.497 e. The standard InChI is InChI=1S/C21H21BrN4O3S/c1-12(2)17(23-18(27)14-5-4-6-15(22)11-14)19(28)24-21-26-25-20(30-21)13-7-9-16(29-3)10-8-13/h4-12,17H,1-3H3,(H,23,27)(H,24,26,28). The highest BCUT2D eigenvalue weighted by Crippen LogP contribution is 2.28. The number of amides is 2. The molecule has 0 aliphatic rings. The first-order valence-corrected chi connectivity index (χ1v) is 10.8. The minimum atomic E-state index is -0.718. The van der Waals surface area contributed by atoms with Crippen LogP contribution in [0.5, 0.6) is 5.75 Å². The molecule has 2 amide bonds. The van der Waals surface area contributed by atoms with Crippen molar-refractivity contribution >= 4 is 44.2 Å². The van der Waals surface area contributed by atoms with Crippen molar-refractivity contribution in [1.82, 2.24) is 15.5 Å². The Morgan fingerprint density at radius 1 is 1.10 bits per heavy atom. The van der Waals surface area contributed by atoms with Crippen molar-refractivity contribution in [3.8, 4) is 16.3 Å². The maximum Gasteiger partial charge on any atom is 0.251 e. The van der Waals surface area contributed by atoms with Crippen LogP contribution in [0.3, 0.4) is 0 Å². The molecule has 0 bridgehead atoms. The highest BCUT2D eigenvalue weighted by atomic mass is 79.9. The summed E-state index contributed by atoms with van der Waals surface area (Å²) in [6.45, 7) is 3.74. The number of nitrogens with zero attached hydrogens (tertiary/aromatic N) is 2. The molecule has 1 heterocycles. The molecular weight excluding hydrogens is 468 g/mol. The third-order valence-corrected chi connectivity index (χ3v) is 5.70. The fraction of sp³-hybridized carbons (Fsp3) is 0.238. The SMILES string of the molecule is COc1ccc(-c2nnc(NC(=O)C(NC(=O)c3cccc(Br)c3)C(C)C)s2)cc1. The lowest BCUT2D eigenvalue weighted by atomic mass is 10.0. The summed E-state index contributed by atoms with van der Waals surface area (Å²) in [7, 11) is 1.61. The predicted molar refractivity (Wildman–Crippen MR) is 121 cm³/mol. The summed E-state index contributed by atoms with van der Waals surface area (Å²) in [6, 6.07) is 13.7. The van der Waals surface area contributed by atoms with Crippen LogP contribution >= 0.6 is 27.3 Å². The molecule has 7 nitrogen and oxygen atoms in total. The number of ether oxygens (including phenoxy) is 1. The molecule has 0 radical (unpaired) electrons. The first kappa shape index (κ1) is 21.9. The molecule has 0 aliphatic carbocycles. The molecule has 0 aliphatic heterocycles. The van der Waals surface area contributed by atoms with Gasteiger partial charge in [0.2, 0.25) is 11.0 Å². The van der Waals surface area contributed by atoms with E-state index in [4.69, 9.17) is 4.74 Å². The molecular formula is C21H21BrN4O3S. The summed E-state index contributed by atoms with van der Waals surface area (Å²) in [5.74, 6) is -0.0278. The quantitative estimate of drug-likeness (QED) is 0.514. The van der Waals surface area contributed by atoms with Gasteiger partial charge in [-0.3, -0.25) is 14.9 Å². The second-order valence-electron chi connectivity index (χ2n) is 6.84. The number of nitrogens with one attached hydrogen (secondary N) is 2. The largest absolute Gasteiger partial charge is 0.497 e. The van der Waals surface area contributed by atoms with E-state index < -0.39 is 6.04 Å². The zero-order chi connectivity index (χ0) is 21.7. The first-order valence-electron chi connectivity index (χ1n) is 9.22. The second-order valence-corrected chi connectivity index (χ2v) is 8.73. The van der Waals surface area contributed by atoms with Crippen LogP contribution in [0, 0.1) is 5.92 Å². The molecule has 0 saturated heterocycles. The van der Waals surface area contributed by atoms with Gasteiger partial charge in [-0.2, -0.15) is 0 Å². The fourth-order valence-electron chi connectivity index (χ4n) is 2.70. The predicted octanol–water partition coefficient (Wildman–Crippen LogP) is 4.37. The Labute approximate surface area is 187 Å². The van der Waals surface area contributed by atoms with Crippen LogP contribution in [-0.2, 0) is 4.79 Å². The molecule has 1 atom stereocenters. The number of hydrogen-bond acceptors (Lipinski definition) is 6. The monoisotopic (exact) mass is 488 g/mol. The fourth-order valence-corrected chi connectivity index (χ4v) is 3.85. The van der Waals surface area contributed by atoms with Crippen molar-refractivity contribution < 1.29 is 14.3 Å². The first-order chi connectivity index (χ1) is 14.4. The van der Waals surface area contributed by atoms with Crippen LogP contribution in [0.25, 0.3) is 10.6 Å². The number of benzene rings is 2. The van der Waals surface area contributed by atoms with E-state index in [1.54, 1.807) is 25.3 Å². The van der Waals surface area contributed by atoms with E-state index in [2.05, 4.69) is 36.8 Å². The number of rotatable bonds is 7. The third kappa shape index (κ3) is 5.43. The summed E-state index contributed by atoms with van der Waals surface area (Å²) in [5.41, 5.74) is 1.35. The third-order valence-electron chi connectivity index (χ3n) is 4.31. The summed E-state index contributed by atoms with van der Waals surface area (Å²) in [5, 5.41) is 14.8. The Balaban J connectivity index is 1.69. The Hall–Kier alpha value is -2.78. The zero-order valence-electron chi connectivity index (χ0n) is 16.7. The van der Waals surface area contributed by atoms with Gasteiger partial charge in [0.25, 0.3) is 5.91 Å². The number of carbonyl (C=O) groups is 2. The maximum atomic E-state index is 12.8. The Morgan fingerprint density at radius 3 is 2.47 bits per heavy atom. The summed E-state index contributed by atoms with van der Waals surface area (Å²) in [4.78, 5) is 25.4. The minimum absolute atomic E-state index is 0.116. The lowest BCUT2D eigenvalue weighted by molar-refractivity contribution is -0.118. The van der Waals surface area contributed by atoms with Crippen LogP contribution in [0.1, 0.15) is 24.2 Å². The van der Waals surface area contributed by atoms with Crippen LogP contribution < -0.4 is 15.4 Å². The van der Waals surface area contributed by atoms with Gasteiger partial charge in [-0.15, -0.1) is 10.2 Å². The molecule has 1 aromatic heterocycles. The average Bonchev–Trinajstić information content (AvgIpc) is 3.20. The highest BCUT2D eigenvalue weighted by molar-refractivity contribution is 9.10. The van der Waals surface area contributed by atoms with Crippen molar-refractivity contribution in [3.63, 3.8) is 0 Å². The summed E-state index contributed by atoms with van der Waals surface area (Å²) >= 11 is 4.61. The molecule has 30 heavy (non-hydrogen) atoms. The number of hydrogen-bond donors (Lipinski definition) is 2. The lowest BCUT2D eigenvalue weighted by Gasteiger charge is -2.21. The molecule has 3 aromatic rings. The summed E-state index contributed by atoms with van der Waals surface area (Å²) < 4.78 is 5.95. The van der Waals surface area contributed by atoms with Crippen LogP contribution in [0.4, 0.5) is 5.13 Å².